The molecular weight excluding hydrogens is 341 g/mol. The number of carbonyl (C=O) groups is 1. The molecular formula is C18H20FN3O2S. The number of aromatic nitrogens is 1. The molecule has 0 unspecified atom stereocenters. The van der Waals surface area contributed by atoms with Crippen LogP contribution in [0.3, 0.4) is 0 Å². The zero-order valence-electron chi connectivity index (χ0n) is 14.0. The highest BCUT2D eigenvalue weighted by Gasteiger charge is 2.15. The van der Waals surface area contributed by atoms with Gasteiger partial charge in [-0.3, -0.25) is 4.79 Å². The summed E-state index contributed by atoms with van der Waals surface area (Å²) in [4.78, 5) is 18.1. The van der Waals surface area contributed by atoms with E-state index in [9.17, 15) is 9.18 Å². The number of nitrogens with zero attached hydrogens (tertiary/aromatic N) is 2. The number of nitrogens with one attached hydrogen (secondary N) is 1. The van der Waals surface area contributed by atoms with Crippen LogP contribution in [-0.2, 0) is 16.1 Å². The van der Waals surface area contributed by atoms with E-state index in [-0.39, 0.29) is 18.3 Å². The van der Waals surface area contributed by atoms with Gasteiger partial charge < -0.3 is 15.0 Å². The van der Waals surface area contributed by atoms with Crippen LogP contribution in [0, 0.1) is 12.7 Å². The van der Waals surface area contributed by atoms with Crippen molar-refractivity contribution in [2.24, 2.45) is 0 Å². The average Bonchev–Trinajstić information content (AvgIpc) is 3.04. The molecule has 3 rings (SSSR count). The largest absolute Gasteiger partial charge is 0.378 e. The van der Waals surface area contributed by atoms with Crippen molar-refractivity contribution in [3.8, 4) is 0 Å². The number of aryl methyl sites for hydroxylation is 1. The van der Waals surface area contributed by atoms with E-state index in [2.05, 4.69) is 10.3 Å². The first-order valence-corrected chi connectivity index (χ1v) is 8.99. The van der Waals surface area contributed by atoms with Crippen LogP contribution >= 0.6 is 11.3 Å². The number of morpholine rings is 1. The van der Waals surface area contributed by atoms with Crippen LogP contribution in [-0.4, -0.2) is 37.2 Å². The van der Waals surface area contributed by atoms with Gasteiger partial charge in [0.25, 0.3) is 0 Å². The van der Waals surface area contributed by atoms with E-state index in [1.54, 1.807) is 12.1 Å². The Morgan fingerprint density at radius 2 is 2.24 bits per heavy atom. The number of ether oxygens (including phenoxy) is 1. The molecule has 1 N–H and O–H groups in total. The van der Waals surface area contributed by atoms with E-state index in [1.807, 2.05) is 23.3 Å². The minimum absolute atomic E-state index is 0.233. The van der Waals surface area contributed by atoms with Crippen molar-refractivity contribution in [1.29, 1.82) is 0 Å². The summed E-state index contributed by atoms with van der Waals surface area (Å²) in [6.07, 6.45) is 3.11. The third kappa shape index (κ3) is 4.87. The monoisotopic (exact) mass is 361 g/mol. The van der Waals surface area contributed by atoms with Gasteiger partial charge >= 0.3 is 0 Å². The Bertz CT molecular complexity index is 769. The van der Waals surface area contributed by atoms with Crippen molar-refractivity contribution in [3.63, 3.8) is 0 Å². The summed E-state index contributed by atoms with van der Waals surface area (Å²) in [5, 5.41) is 5.59. The molecule has 0 atom stereocenters. The van der Waals surface area contributed by atoms with Crippen LogP contribution in [0.25, 0.3) is 6.08 Å². The highest BCUT2D eigenvalue weighted by atomic mass is 32.1. The highest BCUT2D eigenvalue weighted by Crippen LogP contribution is 2.21. The number of benzene rings is 1. The van der Waals surface area contributed by atoms with Gasteiger partial charge in [0.2, 0.25) is 5.91 Å². The average molecular weight is 361 g/mol. The smallest absolute Gasteiger partial charge is 0.244 e. The van der Waals surface area contributed by atoms with E-state index in [4.69, 9.17) is 4.74 Å². The summed E-state index contributed by atoms with van der Waals surface area (Å²) in [7, 11) is 0. The number of rotatable bonds is 5. The molecule has 0 bridgehead atoms. The standard InChI is InChI=1S/C18H20FN3O2S/c1-13-21-15(12-25-13)3-5-18(23)20-11-14-2-4-17(16(19)10-14)22-6-8-24-9-7-22/h2-5,10,12H,6-9,11H2,1H3,(H,20,23). The first-order chi connectivity index (χ1) is 12.1. The summed E-state index contributed by atoms with van der Waals surface area (Å²) in [5.41, 5.74) is 2.07. The number of thiazole rings is 1. The number of anilines is 1. The molecule has 1 aliphatic rings. The predicted octanol–water partition coefficient (Wildman–Crippen LogP) is 2.76. The SMILES string of the molecule is Cc1nc(C=CC(=O)NCc2ccc(N3CCOCC3)c(F)c2)cs1. The van der Waals surface area contributed by atoms with E-state index < -0.39 is 0 Å². The van der Waals surface area contributed by atoms with Crippen LogP contribution in [0.5, 0.6) is 0 Å². The Labute approximate surface area is 150 Å². The number of hydrogen-bond acceptors (Lipinski definition) is 5. The first-order valence-electron chi connectivity index (χ1n) is 8.11. The van der Waals surface area contributed by atoms with Gasteiger partial charge in [-0.05, 0) is 30.7 Å². The zero-order valence-corrected chi connectivity index (χ0v) is 14.8. The minimum atomic E-state index is -0.276. The predicted molar refractivity (Wildman–Crippen MR) is 97.2 cm³/mol. The molecule has 0 spiro atoms. The van der Waals surface area contributed by atoms with Gasteiger partial charge in [0, 0.05) is 31.1 Å². The molecule has 1 saturated heterocycles. The Hall–Kier alpha value is -2.25. The lowest BCUT2D eigenvalue weighted by Crippen LogP contribution is -2.36. The second-order valence-corrected chi connectivity index (χ2v) is 6.79. The topological polar surface area (TPSA) is 54.5 Å². The molecule has 5 nitrogen and oxygen atoms in total. The Morgan fingerprint density at radius 1 is 1.44 bits per heavy atom. The molecule has 1 amide bonds. The van der Waals surface area contributed by atoms with Gasteiger partial charge in [-0.1, -0.05) is 6.07 Å². The second kappa shape index (κ2) is 8.22. The quantitative estimate of drug-likeness (QED) is 0.832. The fourth-order valence-electron chi connectivity index (χ4n) is 2.59. The Morgan fingerprint density at radius 3 is 2.92 bits per heavy atom. The summed E-state index contributed by atoms with van der Waals surface area (Å²) in [6, 6.07) is 5.07. The first kappa shape index (κ1) is 17.6. The molecule has 0 radical (unpaired) electrons. The molecule has 2 heterocycles. The number of amides is 1. The summed E-state index contributed by atoms with van der Waals surface area (Å²) < 4.78 is 19.6. The second-order valence-electron chi connectivity index (χ2n) is 5.73. The Balaban J connectivity index is 1.55. The molecule has 0 saturated carbocycles. The van der Waals surface area contributed by atoms with E-state index in [1.165, 1.54) is 23.5 Å². The van der Waals surface area contributed by atoms with Crippen molar-refractivity contribution in [1.82, 2.24) is 10.3 Å². The highest BCUT2D eigenvalue weighted by molar-refractivity contribution is 7.09. The lowest BCUT2D eigenvalue weighted by molar-refractivity contribution is -0.116. The fourth-order valence-corrected chi connectivity index (χ4v) is 3.17. The molecule has 25 heavy (non-hydrogen) atoms. The molecule has 1 aromatic carbocycles. The van der Waals surface area contributed by atoms with Gasteiger partial charge in [-0.15, -0.1) is 11.3 Å². The van der Waals surface area contributed by atoms with E-state index in [0.29, 0.717) is 32.0 Å². The fraction of sp³-hybridized carbons (Fsp3) is 0.333. The van der Waals surface area contributed by atoms with E-state index in [0.717, 1.165) is 16.3 Å². The molecule has 0 aliphatic carbocycles. The molecule has 1 fully saturated rings. The Kier molecular flexibility index (Phi) is 5.78. The molecule has 1 aliphatic heterocycles. The van der Waals surface area contributed by atoms with Crippen LogP contribution in [0.4, 0.5) is 10.1 Å². The molecule has 7 heteroatoms. The maximum atomic E-state index is 14.3. The van der Waals surface area contributed by atoms with Gasteiger partial charge in [-0.2, -0.15) is 0 Å². The summed E-state index contributed by atoms with van der Waals surface area (Å²) in [6.45, 7) is 4.79. The van der Waals surface area contributed by atoms with Crippen molar-refractivity contribution >= 4 is 29.0 Å². The summed E-state index contributed by atoms with van der Waals surface area (Å²) in [5.74, 6) is -0.509. The maximum Gasteiger partial charge on any atom is 0.244 e. The molecule has 2 aromatic rings. The lowest BCUT2D eigenvalue weighted by Gasteiger charge is -2.29. The van der Waals surface area contributed by atoms with Crippen molar-refractivity contribution in [3.05, 3.63) is 51.7 Å². The van der Waals surface area contributed by atoms with Crippen molar-refractivity contribution in [2.75, 3.05) is 31.2 Å². The third-order valence-corrected chi connectivity index (χ3v) is 4.66. The van der Waals surface area contributed by atoms with Crippen LogP contribution in [0.1, 0.15) is 16.3 Å². The molecule has 1 aromatic heterocycles. The lowest BCUT2D eigenvalue weighted by atomic mass is 10.1. The minimum Gasteiger partial charge on any atom is -0.378 e. The van der Waals surface area contributed by atoms with Crippen LogP contribution < -0.4 is 10.2 Å². The van der Waals surface area contributed by atoms with Crippen molar-refractivity contribution < 1.29 is 13.9 Å². The number of hydrogen-bond donors (Lipinski definition) is 1. The van der Waals surface area contributed by atoms with Gasteiger partial charge in [-0.25, -0.2) is 9.37 Å². The zero-order chi connectivity index (χ0) is 17.6. The maximum absolute atomic E-state index is 14.3. The van der Waals surface area contributed by atoms with Gasteiger partial charge in [0.15, 0.2) is 0 Å². The van der Waals surface area contributed by atoms with Crippen molar-refractivity contribution in [2.45, 2.75) is 13.5 Å². The van der Waals surface area contributed by atoms with Crippen LogP contribution in [0.15, 0.2) is 29.7 Å². The normalized spacial score (nSPS) is 14.9. The van der Waals surface area contributed by atoms with E-state index >= 15 is 0 Å². The number of carbonyl (C=O) groups excluding carboxylic acids is 1. The third-order valence-electron chi connectivity index (χ3n) is 3.87. The molecule has 132 valence electrons. The van der Waals surface area contributed by atoms with Gasteiger partial charge in [0.05, 0.1) is 29.6 Å². The van der Waals surface area contributed by atoms with Crippen LogP contribution in [0.2, 0.25) is 0 Å². The summed E-state index contributed by atoms with van der Waals surface area (Å²) >= 11 is 1.53. The van der Waals surface area contributed by atoms with Gasteiger partial charge in [0.1, 0.15) is 5.82 Å². The number of halogens is 1.